The van der Waals surface area contributed by atoms with Crippen LogP contribution in [-0.2, 0) is 20.7 Å². The summed E-state index contributed by atoms with van der Waals surface area (Å²) >= 11 is 0. The van der Waals surface area contributed by atoms with Crippen LogP contribution in [0.3, 0.4) is 0 Å². The summed E-state index contributed by atoms with van der Waals surface area (Å²) in [5.41, 5.74) is 2.70. The second-order valence-electron chi connectivity index (χ2n) is 9.09. The Balaban J connectivity index is 1.81. The van der Waals surface area contributed by atoms with Gasteiger partial charge in [0.1, 0.15) is 11.9 Å². The van der Waals surface area contributed by atoms with E-state index in [1.165, 1.54) is 12.5 Å². The Morgan fingerprint density at radius 1 is 1.33 bits per heavy atom. The van der Waals surface area contributed by atoms with Crippen LogP contribution in [0.2, 0.25) is 0 Å². The van der Waals surface area contributed by atoms with Crippen LogP contribution in [0, 0.1) is 18.3 Å². The van der Waals surface area contributed by atoms with Gasteiger partial charge < -0.3 is 19.0 Å². The van der Waals surface area contributed by atoms with Crippen LogP contribution < -0.4 is 0 Å². The van der Waals surface area contributed by atoms with Gasteiger partial charge in [0.05, 0.1) is 24.1 Å². The predicted molar refractivity (Wildman–Crippen MR) is 101 cm³/mol. The molecule has 0 radical (unpaired) electrons. The Labute approximate surface area is 160 Å². The third-order valence-corrected chi connectivity index (χ3v) is 7.32. The molecule has 0 aromatic carbocycles. The minimum atomic E-state index is -0.539. The molecule has 148 valence electrons. The zero-order valence-electron chi connectivity index (χ0n) is 16.9. The van der Waals surface area contributed by atoms with Gasteiger partial charge in [-0.3, -0.25) is 4.79 Å². The lowest BCUT2D eigenvalue weighted by molar-refractivity contribution is -0.161. The molecule has 1 aromatic heterocycles. The minimum Gasteiger partial charge on any atom is -0.464 e. The molecule has 27 heavy (non-hydrogen) atoms. The molecule has 1 unspecified atom stereocenters. The third kappa shape index (κ3) is 2.95. The molecule has 2 heterocycles. The molecule has 1 saturated carbocycles. The van der Waals surface area contributed by atoms with Gasteiger partial charge in [0, 0.05) is 30.2 Å². The molecule has 1 aliphatic heterocycles. The molecular formula is C22H30O5. The van der Waals surface area contributed by atoms with E-state index >= 15 is 0 Å². The Kier molecular flexibility index (Phi) is 4.32. The molecule has 5 heteroatoms. The molecular weight excluding hydrogens is 344 g/mol. The van der Waals surface area contributed by atoms with E-state index < -0.39 is 6.10 Å². The molecule has 1 saturated heterocycles. The molecule has 1 N–H and O–H groups in total. The first-order valence-electron chi connectivity index (χ1n) is 9.93. The van der Waals surface area contributed by atoms with Gasteiger partial charge in [0.25, 0.3) is 0 Å². The number of hydrogen-bond donors (Lipinski definition) is 1. The fourth-order valence-corrected chi connectivity index (χ4v) is 5.41. The van der Waals surface area contributed by atoms with Crippen molar-refractivity contribution in [1.29, 1.82) is 0 Å². The zero-order chi connectivity index (χ0) is 19.6. The van der Waals surface area contributed by atoms with Crippen LogP contribution in [0.15, 0.2) is 16.3 Å². The minimum absolute atomic E-state index is 0.126. The topological polar surface area (TPSA) is 72.2 Å². The molecule has 2 aliphatic carbocycles. The van der Waals surface area contributed by atoms with E-state index in [-0.39, 0.29) is 35.1 Å². The number of esters is 1. The number of furan rings is 1. The van der Waals surface area contributed by atoms with E-state index in [0.717, 1.165) is 36.2 Å². The van der Waals surface area contributed by atoms with E-state index in [9.17, 15) is 9.90 Å². The molecule has 6 atom stereocenters. The summed E-state index contributed by atoms with van der Waals surface area (Å²) in [6.07, 6.45) is 6.09. The molecule has 0 spiro atoms. The number of carbonyl (C=O) groups excluding carboxylic acids is 1. The second-order valence-corrected chi connectivity index (χ2v) is 9.09. The first-order valence-corrected chi connectivity index (χ1v) is 9.93. The summed E-state index contributed by atoms with van der Waals surface area (Å²) in [5, 5.41) is 10.7. The fraction of sp³-hybridized carbons (Fsp3) is 0.682. The first-order chi connectivity index (χ1) is 12.6. The SMILES string of the molecule is CC(=O)O[C@H]1C[C@@H]2O[C@]2(C)[C@@H]2Cc3c(C)coc3/C=C(/C)C(O)CC[C@@]12C. The van der Waals surface area contributed by atoms with Gasteiger partial charge in [-0.15, -0.1) is 0 Å². The van der Waals surface area contributed by atoms with Crippen molar-refractivity contribution in [3.63, 3.8) is 0 Å². The Hall–Kier alpha value is -1.59. The van der Waals surface area contributed by atoms with Crippen LogP contribution in [0.1, 0.15) is 63.8 Å². The van der Waals surface area contributed by atoms with Gasteiger partial charge in [-0.25, -0.2) is 0 Å². The lowest BCUT2D eigenvalue weighted by Gasteiger charge is -2.48. The summed E-state index contributed by atoms with van der Waals surface area (Å²) < 4.78 is 17.8. The number of epoxide rings is 1. The van der Waals surface area contributed by atoms with Gasteiger partial charge in [-0.1, -0.05) is 6.92 Å². The Bertz CT molecular complexity index is 793. The number of aliphatic hydroxyl groups excluding tert-OH is 1. The molecule has 0 amide bonds. The van der Waals surface area contributed by atoms with Gasteiger partial charge in [-0.2, -0.15) is 0 Å². The quantitative estimate of drug-likeness (QED) is 0.598. The van der Waals surface area contributed by atoms with Crippen molar-refractivity contribution in [3.05, 3.63) is 28.7 Å². The summed E-state index contributed by atoms with van der Waals surface area (Å²) in [7, 11) is 0. The van der Waals surface area contributed by atoms with Crippen molar-refractivity contribution in [1.82, 2.24) is 0 Å². The highest BCUT2D eigenvalue weighted by Gasteiger charge is 2.68. The number of aliphatic hydroxyl groups is 1. The van der Waals surface area contributed by atoms with Crippen LogP contribution in [0.25, 0.3) is 6.08 Å². The molecule has 2 fully saturated rings. The third-order valence-electron chi connectivity index (χ3n) is 7.32. The standard InChI is InChI=1S/C22H30O5/c1-12-8-17-15(13(2)11-25-17)9-18-21(4,7-6-16(12)24)19(26-14(3)23)10-20-22(18,5)27-20/h8,11,16,18-20,24H,6-7,9-10H2,1-5H3/b12-8-/t16?,18-,19+,20+,21-,22-/m1/s1. The summed E-state index contributed by atoms with van der Waals surface area (Å²) in [4.78, 5) is 11.8. The van der Waals surface area contributed by atoms with Crippen molar-refractivity contribution < 1.29 is 23.8 Å². The molecule has 4 rings (SSSR count). The Morgan fingerprint density at radius 2 is 2.07 bits per heavy atom. The van der Waals surface area contributed by atoms with Crippen molar-refractivity contribution >= 4 is 12.0 Å². The monoisotopic (exact) mass is 374 g/mol. The maximum atomic E-state index is 11.8. The van der Waals surface area contributed by atoms with Crippen molar-refractivity contribution in [2.24, 2.45) is 11.3 Å². The second kappa shape index (κ2) is 6.21. The van der Waals surface area contributed by atoms with E-state index in [0.29, 0.717) is 6.42 Å². The van der Waals surface area contributed by atoms with Gasteiger partial charge in [0.15, 0.2) is 0 Å². The molecule has 5 nitrogen and oxygen atoms in total. The van der Waals surface area contributed by atoms with Crippen LogP contribution in [0.4, 0.5) is 0 Å². The van der Waals surface area contributed by atoms with Gasteiger partial charge in [-0.05, 0) is 57.2 Å². The zero-order valence-corrected chi connectivity index (χ0v) is 16.9. The molecule has 1 aromatic rings. The maximum Gasteiger partial charge on any atom is 0.302 e. The Morgan fingerprint density at radius 3 is 2.78 bits per heavy atom. The first kappa shape index (κ1) is 18.8. The van der Waals surface area contributed by atoms with Gasteiger partial charge >= 0.3 is 5.97 Å². The number of hydrogen-bond acceptors (Lipinski definition) is 5. The fourth-order valence-electron chi connectivity index (χ4n) is 5.41. The van der Waals surface area contributed by atoms with Crippen molar-refractivity contribution in [2.45, 2.75) is 84.2 Å². The highest BCUT2D eigenvalue weighted by atomic mass is 16.6. The van der Waals surface area contributed by atoms with Crippen LogP contribution in [-0.4, -0.2) is 35.0 Å². The van der Waals surface area contributed by atoms with Crippen molar-refractivity contribution in [3.8, 4) is 0 Å². The normalized spacial score (nSPS) is 42.8. The number of carbonyl (C=O) groups is 1. The largest absolute Gasteiger partial charge is 0.464 e. The van der Waals surface area contributed by atoms with E-state index in [4.69, 9.17) is 13.9 Å². The average Bonchev–Trinajstić information content (AvgIpc) is 3.13. The van der Waals surface area contributed by atoms with Crippen LogP contribution >= 0.6 is 0 Å². The average molecular weight is 374 g/mol. The highest BCUT2D eigenvalue weighted by molar-refractivity contribution is 5.66. The van der Waals surface area contributed by atoms with E-state index in [1.807, 2.05) is 13.0 Å². The highest BCUT2D eigenvalue weighted by Crippen LogP contribution is 2.61. The summed E-state index contributed by atoms with van der Waals surface area (Å²) in [5.74, 6) is 0.754. The smallest absolute Gasteiger partial charge is 0.302 e. The summed E-state index contributed by atoms with van der Waals surface area (Å²) in [6, 6.07) is 0. The van der Waals surface area contributed by atoms with Crippen molar-refractivity contribution in [2.75, 3.05) is 0 Å². The van der Waals surface area contributed by atoms with Gasteiger partial charge in [0.2, 0.25) is 0 Å². The number of fused-ring (bicyclic) bond motifs is 4. The van der Waals surface area contributed by atoms with E-state index in [2.05, 4.69) is 20.8 Å². The lowest BCUT2D eigenvalue weighted by atomic mass is 9.57. The van der Waals surface area contributed by atoms with Crippen LogP contribution in [0.5, 0.6) is 0 Å². The maximum absolute atomic E-state index is 11.8. The lowest BCUT2D eigenvalue weighted by Crippen LogP contribution is -2.53. The van der Waals surface area contributed by atoms with E-state index in [1.54, 1.807) is 6.26 Å². The summed E-state index contributed by atoms with van der Waals surface area (Å²) in [6.45, 7) is 9.87. The number of aryl methyl sites for hydroxylation is 1. The molecule has 0 bridgehead atoms. The predicted octanol–water partition coefficient (Wildman–Crippen LogP) is 3.80. The molecule has 3 aliphatic rings. The number of ether oxygens (including phenoxy) is 2. The number of rotatable bonds is 1.